The molecule has 36 heavy (non-hydrogen) atoms. The van der Waals surface area contributed by atoms with Gasteiger partial charge in [-0.3, -0.25) is 4.79 Å². The molecule has 1 aromatic heterocycles. The number of ether oxygens (including phenoxy) is 2. The summed E-state index contributed by atoms with van der Waals surface area (Å²) < 4.78 is 11.4. The molecule has 3 aromatic rings. The smallest absolute Gasteiger partial charge is 0.254 e. The summed E-state index contributed by atoms with van der Waals surface area (Å²) in [7, 11) is 4.01. The summed E-state index contributed by atoms with van der Waals surface area (Å²) in [6.45, 7) is 7.13. The van der Waals surface area contributed by atoms with Crippen LogP contribution in [0.25, 0.3) is 10.9 Å². The van der Waals surface area contributed by atoms with E-state index in [4.69, 9.17) is 14.5 Å². The van der Waals surface area contributed by atoms with E-state index in [-0.39, 0.29) is 12.0 Å². The van der Waals surface area contributed by atoms with Crippen molar-refractivity contribution in [2.75, 3.05) is 63.4 Å². The minimum Gasteiger partial charge on any atom is -0.378 e. The number of nitrogens with zero attached hydrogens (tertiary/aromatic N) is 4. The predicted molar refractivity (Wildman–Crippen MR) is 144 cm³/mol. The topological polar surface area (TPSA) is 58.1 Å². The Labute approximate surface area is 213 Å². The summed E-state index contributed by atoms with van der Waals surface area (Å²) in [4.78, 5) is 25.1. The number of hydrogen-bond donors (Lipinski definition) is 0. The second kappa shape index (κ2) is 10.8. The van der Waals surface area contributed by atoms with Gasteiger partial charge >= 0.3 is 0 Å². The minimum absolute atomic E-state index is 0.0214. The Kier molecular flexibility index (Phi) is 7.39. The van der Waals surface area contributed by atoms with E-state index < -0.39 is 0 Å². The van der Waals surface area contributed by atoms with Gasteiger partial charge < -0.3 is 24.2 Å². The Bertz CT molecular complexity index is 1200. The monoisotopic (exact) mass is 488 g/mol. The molecule has 2 aliphatic heterocycles. The molecule has 2 aliphatic rings. The standard InChI is InChI=1S/C29H36N4O3/c1-21-6-4-7-23-18-24(28(31(2)3)30-27(21)23)19-33(20-26-8-5-15-36-26)29(34)22-9-11-25(12-10-22)32-13-16-35-17-14-32/h4,6-7,9-12,18,26H,5,8,13-17,19-20H2,1-3H3/t26-/m1/s1. The van der Waals surface area contributed by atoms with Crippen LogP contribution in [0.15, 0.2) is 48.5 Å². The number of benzene rings is 2. The van der Waals surface area contributed by atoms with Crippen molar-refractivity contribution in [1.29, 1.82) is 0 Å². The molecule has 0 radical (unpaired) electrons. The van der Waals surface area contributed by atoms with Crippen LogP contribution in [0.2, 0.25) is 0 Å². The molecule has 0 saturated carbocycles. The van der Waals surface area contributed by atoms with E-state index in [1.54, 1.807) is 0 Å². The van der Waals surface area contributed by atoms with E-state index in [1.165, 1.54) is 0 Å². The molecule has 0 bridgehead atoms. The summed E-state index contributed by atoms with van der Waals surface area (Å²) in [5, 5.41) is 1.09. The molecule has 190 valence electrons. The maximum Gasteiger partial charge on any atom is 0.254 e. The van der Waals surface area contributed by atoms with Crippen LogP contribution in [0.1, 0.15) is 34.3 Å². The zero-order valence-electron chi connectivity index (χ0n) is 21.6. The molecule has 3 heterocycles. The Morgan fingerprint density at radius 2 is 1.86 bits per heavy atom. The fourth-order valence-electron chi connectivity index (χ4n) is 5.16. The molecular formula is C29H36N4O3. The third-order valence-electron chi connectivity index (χ3n) is 7.11. The second-order valence-corrected chi connectivity index (χ2v) is 9.98. The van der Waals surface area contributed by atoms with E-state index >= 15 is 0 Å². The first-order valence-corrected chi connectivity index (χ1v) is 12.9. The quantitative estimate of drug-likeness (QED) is 0.495. The second-order valence-electron chi connectivity index (χ2n) is 9.98. The predicted octanol–water partition coefficient (Wildman–Crippen LogP) is 4.27. The fraction of sp³-hybridized carbons (Fsp3) is 0.448. The average molecular weight is 489 g/mol. The largest absolute Gasteiger partial charge is 0.378 e. The number of para-hydroxylation sites is 1. The number of aromatic nitrogens is 1. The lowest BCUT2D eigenvalue weighted by Crippen LogP contribution is -2.37. The zero-order valence-corrected chi connectivity index (χ0v) is 21.6. The lowest BCUT2D eigenvalue weighted by molar-refractivity contribution is 0.0507. The van der Waals surface area contributed by atoms with Crippen LogP contribution in [-0.4, -0.2) is 75.4 Å². The van der Waals surface area contributed by atoms with Crippen LogP contribution in [0.3, 0.4) is 0 Å². The number of hydrogen-bond acceptors (Lipinski definition) is 6. The highest BCUT2D eigenvalue weighted by Gasteiger charge is 2.25. The van der Waals surface area contributed by atoms with Gasteiger partial charge in [-0.25, -0.2) is 4.98 Å². The summed E-state index contributed by atoms with van der Waals surface area (Å²) in [5.41, 5.74) is 5.01. The summed E-state index contributed by atoms with van der Waals surface area (Å²) in [5.74, 6) is 0.915. The van der Waals surface area contributed by atoms with Gasteiger partial charge in [0.1, 0.15) is 5.82 Å². The third-order valence-corrected chi connectivity index (χ3v) is 7.11. The summed E-state index contributed by atoms with van der Waals surface area (Å²) in [6, 6.07) is 16.4. The van der Waals surface area contributed by atoms with Crippen LogP contribution in [-0.2, 0) is 16.0 Å². The first kappa shape index (κ1) is 24.5. The molecule has 7 nitrogen and oxygen atoms in total. The highest BCUT2D eigenvalue weighted by Crippen LogP contribution is 2.27. The van der Waals surface area contributed by atoms with Crippen molar-refractivity contribution in [3.8, 4) is 0 Å². The van der Waals surface area contributed by atoms with Crippen molar-refractivity contribution in [3.05, 3.63) is 65.2 Å². The van der Waals surface area contributed by atoms with Crippen molar-refractivity contribution >= 4 is 28.3 Å². The van der Waals surface area contributed by atoms with Crippen LogP contribution >= 0.6 is 0 Å². The minimum atomic E-state index is 0.0214. The third kappa shape index (κ3) is 5.32. The first-order valence-electron chi connectivity index (χ1n) is 12.9. The molecule has 2 fully saturated rings. The molecule has 7 heteroatoms. The van der Waals surface area contributed by atoms with Gasteiger partial charge in [0.25, 0.3) is 5.91 Å². The van der Waals surface area contributed by atoms with Gasteiger partial charge in [0.05, 0.1) is 24.8 Å². The van der Waals surface area contributed by atoms with Crippen molar-refractivity contribution in [2.45, 2.75) is 32.4 Å². The maximum atomic E-state index is 13.8. The van der Waals surface area contributed by atoms with Gasteiger partial charge in [0, 0.05) is 69.1 Å². The Morgan fingerprint density at radius 1 is 1.08 bits per heavy atom. The number of carbonyl (C=O) groups is 1. The van der Waals surface area contributed by atoms with Crippen molar-refractivity contribution in [3.63, 3.8) is 0 Å². The number of amides is 1. The normalized spacial score (nSPS) is 18.0. The summed E-state index contributed by atoms with van der Waals surface area (Å²) in [6.07, 6.45) is 2.09. The van der Waals surface area contributed by atoms with E-state index in [9.17, 15) is 4.79 Å². The molecule has 2 saturated heterocycles. The van der Waals surface area contributed by atoms with Gasteiger partial charge in [-0.1, -0.05) is 18.2 Å². The van der Waals surface area contributed by atoms with Gasteiger partial charge in [-0.05, 0) is 55.7 Å². The molecular weight excluding hydrogens is 452 g/mol. The van der Waals surface area contributed by atoms with Crippen molar-refractivity contribution in [2.24, 2.45) is 0 Å². The number of anilines is 2. The SMILES string of the molecule is Cc1cccc2cc(CN(C[C@H]3CCCO3)C(=O)c3ccc(N4CCOCC4)cc3)c(N(C)C)nc12. The van der Waals surface area contributed by atoms with E-state index in [0.717, 1.165) is 79.3 Å². The van der Waals surface area contributed by atoms with Crippen LogP contribution in [0.5, 0.6) is 0 Å². The molecule has 1 amide bonds. The van der Waals surface area contributed by atoms with Crippen LogP contribution < -0.4 is 9.80 Å². The van der Waals surface area contributed by atoms with Gasteiger partial charge in [0.2, 0.25) is 0 Å². The number of pyridine rings is 1. The van der Waals surface area contributed by atoms with E-state index in [1.807, 2.05) is 36.0 Å². The van der Waals surface area contributed by atoms with E-state index in [0.29, 0.717) is 18.7 Å². The Morgan fingerprint density at radius 3 is 2.56 bits per heavy atom. The molecule has 5 rings (SSSR count). The molecule has 2 aromatic carbocycles. The highest BCUT2D eigenvalue weighted by molar-refractivity contribution is 5.95. The lowest BCUT2D eigenvalue weighted by Gasteiger charge is -2.29. The molecule has 0 unspecified atom stereocenters. The summed E-state index contributed by atoms with van der Waals surface area (Å²) >= 11 is 0. The zero-order chi connectivity index (χ0) is 25.1. The average Bonchev–Trinajstić information content (AvgIpc) is 3.41. The fourth-order valence-corrected chi connectivity index (χ4v) is 5.16. The maximum absolute atomic E-state index is 13.8. The highest BCUT2D eigenvalue weighted by atomic mass is 16.5. The molecule has 1 atom stereocenters. The number of carbonyl (C=O) groups excluding carboxylic acids is 1. The number of fused-ring (bicyclic) bond motifs is 1. The Balaban J connectivity index is 1.44. The van der Waals surface area contributed by atoms with Crippen molar-refractivity contribution in [1.82, 2.24) is 9.88 Å². The van der Waals surface area contributed by atoms with Gasteiger partial charge in [0.15, 0.2) is 0 Å². The van der Waals surface area contributed by atoms with Crippen LogP contribution in [0.4, 0.5) is 11.5 Å². The number of rotatable bonds is 7. The van der Waals surface area contributed by atoms with Crippen LogP contribution in [0, 0.1) is 6.92 Å². The number of morpholine rings is 1. The molecule has 0 N–H and O–H groups in total. The Hall–Kier alpha value is -3.16. The van der Waals surface area contributed by atoms with Crippen molar-refractivity contribution < 1.29 is 14.3 Å². The molecule has 0 aliphatic carbocycles. The van der Waals surface area contributed by atoms with E-state index in [2.05, 4.69) is 48.2 Å². The number of aryl methyl sites for hydroxylation is 1. The van der Waals surface area contributed by atoms with Gasteiger partial charge in [-0.15, -0.1) is 0 Å². The first-order chi connectivity index (χ1) is 17.5. The molecule has 0 spiro atoms. The van der Waals surface area contributed by atoms with Gasteiger partial charge in [-0.2, -0.15) is 0 Å². The lowest BCUT2D eigenvalue weighted by atomic mass is 10.1.